The van der Waals surface area contributed by atoms with Gasteiger partial charge >= 0.3 is 0 Å². The molecule has 7 heteroatoms. The number of nitrogens with one attached hydrogen (secondary N) is 1. The smallest absolute Gasteiger partial charge is 0.261 e. The Balaban J connectivity index is 1.58. The Morgan fingerprint density at radius 1 is 1.09 bits per heavy atom. The van der Waals surface area contributed by atoms with Gasteiger partial charge in [-0.15, -0.1) is 0 Å². The predicted octanol–water partition coefficient (Wildman–Crippen LogP) is 3.28. The number of carbonyl (C=O) groups is 1. The van der Waals surface area contributed by atoms with Crippen LogP contribution < -0.4 is 10.9 Å². The number of nitrogens with zero attached hydrogens (tertiary/aromatic N) is 4. The van der Waals surface area contributed by atoms with E-state index in [0.29, 0.717) is 29.8 Å². The quantitative estimate of drug-likeness (QED) is 0.482. The van der Waals surface area contributed by atoms with Gasteiger partial charge in [-0.3, -0.25) is 14.2 Å². The fraction of sp³-hybridized carbons (Fsp3) is 0.370. The van der Waals surface area contributed by atoms with Gasteiger partial charge < -0.3 is 14.8 Å². The third-order valence-corrected chi connectivity index (χ3v) is 6.54. The normalized spacial score (nSPS) is 13.3. The topological polar surface area (TPSA) is 72.2 Å². The van der Waals surface area contributed by atoms with E-state index in [1.807, 2.05) is 61.1 Å². The van der Waals surface area contributed by atoms with E-state index < -0.39 is 0 Å². The molecular weight excluding hydrogens is 426 g/mol. The van der Waals surface area contributed by atoms with E-state index >= 15 is 0 Å². The van der Waals surface area contributed by atoms with Crippen LogP contribution in [0.3, 0.4) is 0 Å². The number of para-hydroxylation sites is 2. The van der Waals surface area contributed by atoms with E-state index in [4.69, 9.17) is 4.98 Å². The van der Waals surface area contributed by atoms with E-state index in [0.717, 1.165) is 35.1 Å². The van der Waals surface area contributed by atoms with Gasteiger partial charge in [-0.1, -0.05) is 44.2 Å². The highest BCUT2D eigenvalue weighted by molar-refractivity contribution is 5.93. The van der Waals surface area contributed by atoms with Gasteiger partial charge in [0.05, 0.1) is 16.6 Å². The Labute approximate surface area is 199 Å². The number of carbonyl (C=O) groups excluding carboxylic acids is 1. The van der Waals surface area contributed by atoms with Crippen molar-refractivity contribution in [3.8, 4) is 11.5 Å². The monoisotopic (exact) mass is 457 g/mol. The first kappa shape index (κ1) is 22.3. The average molecular weight is 458 g/mol. The van der Waals surface area contributed by atoms with Crippen LogP contribution in [-0.4, -0.2) is 52.1 Å². The maximum atomic E-state index is 13.3. The molecule has 7 nitrogen and oxygen atoms in total. The molecule has 34 heavy (non-hydrogen) atoms. The summed E-state index contributed by atoms with van der Waals surface area (Å²) in [4.78, 5) is 33.4. The van der Waals surface area contributed by atoms with Crippen LogP contribution in [0.4, 0.5) is 0 Å². The Bertz CT molecular complexity index is 1460. The molecule has 176 valence electrons. The first-order valence-electron chi connectivity index (χ1n) is 11.8. The molecule has 0 fully saturated rings. The molecule has 0 radical (unpaired) electrons. The number of hydrogen-bond donors (Lipinski definition) is 1. The molecule has 0 bridgehead atoms. The highest BCUT2D eigenvalue weighted by atomic mass is 16.2. The third kappa shape index (κ3) is 3.90. The lowest BCUT2D eigenvalue weighted by atomic mass is 9.93. The van der Waals surface area contributed by atoms with Crippen molar-refractivity contribution in [1.82, 2.24) is 24.3 Å². The standard InChI is InChI=1S/C27H31N5O2/c1-27(2,17-30(3)4)16-28-23(33)15-32-22-12-8-6-9-18(22)19-13-14-31-25(24(19)32)29-21-11-7-5-10-20(21)26(31)34/h5-12H,13-17H2,1-4H3,(H,28,33). The summed E-state index contributed by atoms with van der Waals surface area (Å²) in [6.45, 7) is 6.52. The van der Waals surface area contributed by atoms with Crippen molar-refractivity contribution in [2.45, 2.75) is 33.4 Å². The molecular formula is C27H31N5O2. The van der Waals surface area contributed by atoms with Crippen LogP contribution in [0.1, 0.15) is 19.4 Å². The second kappa shape index (κ2) is 8.40. The number of amides is 1. The molecule has 3 heterocycles. The first-order valence-corrected chi connectivity index (χ1v) is 11.8. The summed E-state index contributed by atoms with van der Waals surface area (Å²) in [5.41, 5.74) is 3.62. The highest BCUT2D eigenvalue weighted by Crippen LogP contribution is 2.36. The van der Waals surface area contributed by atoms with Crippen molar-refractivity contribution in [2.75, 3.05) is 27.2 Å². The minimum Gasteiger partial charge on any atom is -0.354 e. The van der Waals surface area contributed by atoms with Gasteiger partial charge in [-0.05, 0) is 49.7 Å². The largest absolute Gasteiger partial charge is 0.354 e. The van der Waals surface area contributed by atoms with Gasteiger partial charge in [0.15, 0.2) is 5.82 Å². The minimum absolute atomic E-state index is 0.0297. The number of rotatable bonds is 6. The molecule has 4 aromatic rings. The second-order valence-electron chi connectivity index (χ2n) is 10.3. The number of aromatic nitrogens is 3. The van der Waals surface area contributed by atoms with Crippen molar-refractivity contribution >= 4 is 27.7 Å². The van der Waals surface area contributed by atoms with Crippen LogP contribution in [0.25, 0.3) is 33.3 Å². The average Bonchev–Trinajstić information content (AvgIpc) is 3.11. The van der Waals surface area contributed by atoms with Gasteiger partial charge in [-0.25, -0.2) is 4.98 Å². The van der Waals surface area contributed by atoms with Crippen LogP contribution in [-0.2, 0) is 24.3 Å². The first-order chi connectivity index (χ1) is 16.2. The summed E-state index contributed by atoms with van der Waals surface area (Å²) in [6, 6.07) is 15.6. The lowest BCUT2D eigenvalue weighted by Gasteiger charge is -2.28. The molecule has 2 aromatic heterocycles. The van der Waals surface area contributed by atoms with Gasteiger partial charge in [-0.2, -0.15) is 0 Å². The van der Waals surface area contributed by atoms with Crippen molar-refractivity contribution in [2.24, 2.45) is 5.41 Å². The van der Waals surface area contributed by atoms with Crippen LogP contribution in [0.15, 0.2) is 53.3 Å². The summed E-state index contributed by atoms with van der Waals surface area (Å²) < 4.78 is 3.79. The molecule has 1 aliphatic rings. The summed E-state index contributed by atoms with van der Waals surface area (Å²) in [6.07, 6.45) is 0.729. The molecule has 0 spiro atoms. The van der Waals surface area contributed by atoms with Crippen molar-refractivity contribution in [3.63, 3.8) is 0 Å². The van der Waals surface area contributed by atoms with Crippen molar-refractivity contribution in [1.29, 1.82) is 0 Å². The Morgan fingerprint density at radius 2 is 1.79 bits per heavy atom. The summed E-state index contributed by atoms with van der Waals surface area (Å²) in [7, 11) is 4.08. The maximum absolute atomic E-state index is 13.3. The number of benzene rings is 2. The van der Waals surface area contributed by atoms with Gasteiger partial charge in [0.2, 0.25) is 5.91 Å². The zero-order valence-corrected chi connectivity index (χ0v) is 20.3. The maximum Gasteiger partial charge on any atom is 0.261 e. The molecule has 2 aromatic carbocycles. The predicted molar refractivity (Wildman–Crippen MR) is 136 cm³/mol. The van der Waals surface area contributed by atoms with E-state index in [-0.39, 0.29) is 23.4 Å². The summed E-state index contributed by atoms with van der Waals surface area (Å²) >= 11 is 0. The Kier molecular flexibility index (Phi) is 5.52. The van der Waals surface area contributed by atoms with E-state index in [1.54, 1.807) is 4.57 Å². The SMILES string of the molecule is CN(C)CC(C)(C)CNC(=O)Cn1c2c(c3ccccc31)CCn1c-2nc2ccccc2c1=O. The third-order valence-electron chi connectivity index (χ3n) is 6.54. The molecule has 0 saturated carbocycles. The number of hydrogen-bond acceptors (Lipinski definition) is 4. The minimum atomic E-state index is -0.0457. The zero-order valence-electron chi connectivity index (χ0n) is 20.3. The molecule has 1 amide bonds. The van der Waals surface area contributed by atoms with E-state index in [1.165, 1.54) is 0 Å². The molecule has 0 unspecified atom stereocenters. The fourth-order valence-electron chi connectivity index (χ4n) is 5.28. The number of fused-ring (bicyclic) bond motifs is 6. The van der Waals surface area contributed by atoms with E-state index in [2.05, 4.69) is 30.1 Å². The summed E-state index contributed by atoms with van der Waals surface area (Å²) in [5, 5.41) is 4.87. The van der Waals surface area contributed by atoms with Gasteiger partial charge in [0, 0.05) is 30.5 Å². The molecule has 0 saturated heterocycles. The van der Waals surface area contributed by atoms with Gasteiger partial charge in [0.25, 0.3) is 5.56 Å². The van der Waals surface area contributed by atoms with Crippen molar-refractivity contribution < 1.29 is 4.79 Å². The number of aryl methyl sites for hydroxylation is 1. The zero-order chi connectivity index (χ0) is 24.0. The van der Waals surface area contributed by atoms with E-state index in [9.17, 15) is 9.59 Å². The lowest BCUT2D eigenvalue weighted by molar-refractivity contribution is -0.122. The lowest BCUT2D eigenvalue weighted by Crippen LogP contribution is -2.41. The molecule has 1 aliphatic heterocycles. The Hall–Kier alpha value is -3.45. The fourth-order valence-corrected chi connectivity index (χ4v) is 5.28. The van der Waals surface area contributed by atoms with Crippen molar-refractivity contribution in [3.05, 3.63) is 64.4 Å². The van der Waals surface area contributed by atoms with Gasteiger partial charge in [0.1, 0.15) is 6.54 Å². The van der Waals surface area contributed by atoms with Crippen LogP contribution >= 0.6 is 0 Å². The highest BCUT2D eigenvalue weighted by Gasteiger charge is 2.28. The molecule has 5 rings (SSSR count). The van der Waals surface area contributed by atoms with Crippen LogP contribution in [0, 0.1) is 5.41 Å². The van der Waals surface area contributed by atoms with Crippen LogP contribution in [0.2, 0.25) is 0 Å². The second-order valence-corrected chi connectivity index (χ2v) is 10.3. The molecule has 1 N–H and O–H groups in total. The molecule has 0 aliphatic carbocycles. The summed E-state index contributed by atoms with van der Waals surface area (Å²) in [5.74, 6) is 0.595. The Morgan fingerprint density at radius 3 is 2.56 bits per heavy atom. The van der Waals surface area contributed by atoms with Crippen LogP contribution in [0.5, 0.6) is 0 Å². The molecule has 0 atom stereocenters.